The van der Waals surface area contributed by atoms with Crippen LogP contribution in [0.4, 0.5) is 5.82 Å². The number of benzene rings is 1. The molecule has 10 heteroatoms. The lowest BCUT2D eigenvalue weighted by Crippen LogP contribution is -2.43. The van der Waals surface area contributed by atoms with E-state index in [1.807, 2.05) is 6.07 Å². The first-order valence-corrected chi connectivity index (χ1v) is 13.2. The molecule has 2 aromatic heterocycles. The van der Waals surface area contributed by atoms with E-state index >= 15 is 0 Å². The summed E-state index contributed by atoms with van der Waals surface area (Å²) in [5, 5.41) is 10.5. The van der Waals surface area contributed by atoms with Crippen molar-refractivity contribution in [3.63, 3.8) is 0 Å². The van der Waals surface area contributed by atoms with Crippen molar-refractivity contribution in [3.05, 3.63) is 34.4 Å². The molecule has 2 aliphatic rings. The second kappa shape index (κ2) is 9.75. The van der Waals surface area contributed by atoms with Crippen molar-refractivity contribution in [3.8, 4) is 5.75 Å². The van der Waals surface area contributed by atoms with Crippen molar-refractivity contribution in [1.29, 1.82) is 0 Å². The minimum Gasteiger partial charge on any atom is -0.493 e. The molecule has 1 saturated heterocycles. The number of aliphatic hydroxyl groups excluding tert-OH is 1. The molecule has 1 aromatic carbocycles. The van der Waals surface area contributed by atoms with Crippen LogP contribution in [0.5, 0.6) is 5.75 Å². The number of hydrogen-bond donors (Lipinski definition) is 2. The summed E-state index contributed by atoms with van der Waals surface area (Å²) in [7, 11) is 0. The molecule has 5 rings (SSSR count). The van der Waals surface area contributed by atoms with Gasteiger partial charge >= 0.3 is 0 Å². The SMILES string of the molecule is C[C@@H](O)C(=O)N1CCC(CCn2c(Sc3cc4c(cc3Br)CCO4)nc3c(N)nccc32)CC1. The molecule has 0 unspecified atom stereocenters. The number of aryl methyl sites for hydroxylation is 1. The Bertz CT molecular complexity index is 1220. The third-order valence-electron chi connectivity index (χ3n) is 6.65. The molecular formula is C24H28BrN5O3S. The lowest BCUT2D eigenvalue weighted by Gasteiger charge is -2.32. The molecule has 0 radical (unpaired) electrons. The number of nitrogens with zero attached hydrogens (tertiary/aromatic N) is 4. The van der Waals surface area contributed by atoms with Gasteiger partial charge in [0.1, 0.15) is 17.4 Å². The number of hydrogen-bond acceptors (Lipinski definition) is 7. The van der Waals surface area contributed by atoms with E-state index in [1.54, 1.807) is 22.9 Å². The second-order valence-corrected chi connectivity index (χ2v) is 10.8. The average molecular weight is 546 g/mol. The number of nitrogen functional groups attached to an aromatic ring is 1. The number of fused-ring (bicyclic) bond motifs is 2. The largest absolute Gasteiger partial charge is 0.493 e. The number of aromatic nitrogens is 3. The van der Waals surface area contributed by atoms with Gasteiger partial charge in [-0.2, -0.15) is 0 Å². The normalized spacial score (nSPS) is 17.1. The van der Waals surface area contributed by atoms with Crippen molar-refractivity contribution in [2.45, 2.75) is 55.3 Å². The van der Waals surface area contributed by atoms with Crippen LogP contribution in [0.15, 0.2) is 38.9 Å². The summed E-state index contributed by atoms with van der Waals surface area (Å²) < 4.78 is 9.03. The highest BCUT2D eigenvalue weighted by atomic mass is 79.9. The molecule has 0 spiro atoms. The summed E-state index contributed by atoms with van der Waals surface area (Å²) >= 11 is 5.32. The molecule has 0 saturated carbocycles. The van der Waals surface area contributed by atoms with Gasteiger partial charge in [0.25, 0.3) is 5.91 Å². The highest BCUT2D eigenvalue weighted by molar-refractivity contribution is 9.10. The Morgan fingerprint density at radius 1 is 1.38 bits per heavy atom. The van der Waals surface area contributed by atoms with Crippen molar-refractivity contribution >= 4 is 50.5 Å². The van der Waals surface area contributed by atoms with Gasteiger partial charge in [-0.15, -0.1) is 0 Å². The smallest absolute Gasteiger partial charge is 0.251 e. The number of aliphatic hydroxyl groups is 1. The maximum Gasteiger partial charge on any atom is 0.251 e. The first kappa shape index (κ1) is 23.4. The summed E-state index contributed by atoms with van der Waals surface area (Å²) in [6.45, 7) is 4.44. The summed E-state index contributed by atoms with van der Waals surface area (Å²) in [6, 6.07) is 6.18. The number of rotatable bonds is 6. The highest BCUT2D eigenvalue weighted by Gasteiger charge is 2.26. The van der Waals surface area contributed by atoms with Crippen LogP contribution in [0.3, 0.4) is 0 Å². The van der Waals surface area contributed by atoms with Crippen LogP contribution in [0.2, 0.25) is 0 Å². The monoisotopic (exact) mass is 545 g/mol. The predicted molar refractivity (Wildman–Crippen MR) is 135 cm³/mol. The number of amides is 1. The van der Waals surface area contributed by atoms with Gasteiger partial charge < -0.3 is 25.0 Å². The van der Waals surface area contributed by atoms with Gasteiger partial charge in [-0.3, -0.25) is 4.79 Å². The average Bonchev–Trinajstić information content (AvgIpc) is 3.42. The van der Waals surface area contributed by atoms with Crippen molar-refractivity contribution in [2.75, 3.05) is 25.4 Å². The number of halogens is 1. The minimum absolute atomic E-state index is 0.176. The predicted octanol–water partition coefficient (Wildman–Crippen LogP) is 3.87. The van der Waals surface area contributed by atoms with Crippen LogP contribution in [-0.2, 0) is 17.8 Å². The zero-order valence-corrected chi connectivity index (χ0v) is 21.4. The van der Waals surface area contributed by atoms with Crippen molar-refractivity contribution < 1.29 is 14.6 Å². The number of carbonyl (C=O) groups excluding carboxylic acids is 1. The molecule has 3 N–H and O–H groups in total. The van der Waals surface area contributed by atoms with Gasteiger partial charge in [0.2, 0.25) is 0 Å². The van der Waals surface area contributed by atoms with Crippen LogP contribution in [0.25, 0.3) is 11.0 Å². The molecule has 1 fully saturated rings. The molecule has 0 aliphatic carbocycles. The van der Waals surface area contributed by atoms with Gasteiger partial charge in [-0.25, -0.2) is 9.97 Å². The van der Waals surface area contributed by atoms with E-state index in [1.165, 1.54) is 12.5 Å². The number of pyridine rings is 1. The molecule has 3 aromatic rings. The topological polar surface area (TPSA) is 106 Å². The van der Waals surface area contributed by atoms with E-state index in [-0.39, 0.29) is 5.91 Å². The van der Waals surface area contributed by atoms with Crippen molar-refractivity contribution in [2.24, 2.45) is 5.92 Å². The minimum atomic E-state index is -0.934. The Morgan fingerprint density at radius 2 is 2.18 bits per heavy atom. The van der Waals surface area contributed by atoms with E-state index in [0.29, 0.717) is 24.8 Å². The summed E-state index contributed by atoms with van der Waals surface area (Å²) in [5.74, 6) is 1.70. The van der Waals surface area contributed by atoms with Crippen LogP contribution >= 0.6 is 27.7 Å². The van der Waals surface area contributed by atoms with Gasteiger partial charge in [-0.1, -0.05) is 11.8 Å². The fraction of sp³-hybridized carbons (Fsp3) is 0.458. The number of anilines is 1. The van der Waals surface area contributed by atoms with E-state index in [9.17, 15) is 9.90 Å². The lowest BCUT2D eigenvalue weighted by atomic mass is 9.93. The van der Waals surface area contributed by atoms with Gasteiger partial charge in [-0.05, 0) is 71.8 Å². The molecular weight excluding hydrogens is 518 g/mol. The molecule has 0 bridgehead atoms. The number of likely N-dealkylation sites (tertiary alicyclic amines) is 1. The maximum absolute atomic E-state index is 12.1. The molecule has 1 amide bonds. The number of carbonyl (C=O) groups is 1. The Kier molecular flexibility index (Phi) is 6.72. The molecule has 4 heterocycles. The molecule has 1 atom stereocenters. The Morgan fingerprint density at radius 3 is 2.94 bits per heavy atom. The van der Waals surface area contributed by atoms with Crippen molar-refractivity contribution in [1.82, 2.24) is 19.4 Å². The van der Waals surface area contributed by atoms with E-state index < -0.39 is 6.10 Å². The highest BCUT2D eigenvalue weighted by Crippen LogP contribution is 2.40. The van der Waals surface area contributed by atoms with E-state index in [2.05, 4.69) is 37.6 Å². The number of ether oxygens (including phenoxy) is 1. The quantitative estimate of drug-likeness (QED) is 0.484. The number of nitrogens with two attached hydrogens (primary N) is 1. The summed E-state index contributed by atoms with van der Waals surface area (Å²) in [4.78, 5) is 24.0. The first-order chi connectivity index (χ1) is 16.4. The zero-order chi connectivity index (χ0) is 23.8. The third kappa shape index (κ3) is 4.63. The van der Waals surface area contributed by atoms with Gasteiger partial charge in [0, 0.05) is 41.6 Å². The fourth-order valence-corrected chi connectivity index (χ4v) is 6.31. The Hall–Kier alpha value is -2.30. The molecule has 34 heavy (non-hydrogen) atoms. The second-order valence-electron chi connectivity index (χ2n) is 8.93. The van der Waals surface area contributed by atoms with Crippen LogP contribution in [0, 0.1) is 5.92 Å². The number of imidazole rings is 1. The maximum atomic E-state index is 12.1. The van der Waals surface area contributed by atoms with Crippen LogP contribution < -0.4 is 10.5 Å². The Labute approximate surface area is 211 Å². The molecule has 2 aliphatic heterocycles. The lowest BCUT2D eigenvalue weighted by molar-refractivity contribution is -0.140. The van der Waals surface area contributed by atoms with Crippen LogP contribution in [0.1, 0.15) is 31.7 Å². The Balaban J connectivity index is 1.36. The third-order valence-corrected chi connectivity index (χ3v) is 8.62. The summed E-state index contributed by atoms with van der Waals surface area (Å²) in [5.41, 5.74) is 9.08. The standard InChI is InChI=1S/C24H28BrN5O3S/c1-14(31)23(32)29-8-3-15(4-9-29)5-10-30-18-2-7-27-22(26)21(18)28-24(30)34-20-13-19-16(6-11-33-19)12-17(20)25/h2,7,12-15,31H,3-6,8-11H2,1H3,(H2,26,27)/t14-/m1/s1. The first-order valence-electron chi connectivity index (χ1n) is 11.6. The van der Waals surface area contributed by atoms with Gasteiger partial charge in [0.05, 0.1) is 12.1 Å². The molecule has 8 nitrogen and oxygen atoms in total. The number of piperidine rings is 1. The van der Waals surface area contributed by atoms with Gasteiger partial charge in [0.15, 0.2) is 11.0 Å². The zero-order valence-electron chi connectivity index (χ0n) is 19.0. The molecule has 180 valence electrons. The fourth-order valence-electron chi connectivity index (χ4n) is 4.72. The van der Waals surface area contributed by atoms with E-state index in [0.717, 1.165) is 70.1 Å². The van der Waals surface area contributed by atoms with E-state index in [4.69, 9.17) is 15.5 Å². The summed E-state index contributed by atoms with van der Waals surface area (Å²) in [6.07, 6.45) is 4.57. The van der Waals surface area contributed by atoms with Crippen LogP contribution in [-0.4, -0.2) is 56.2 Å².